The van der Waals surface area contributed by atoms with E-state index < -0.39 is 0 Å². The van der Waals surface area contributed by atoms with Gasteiger partial charge in [-0.15, -0.1) is 0 Å². The number of benzene rings is 1. The first kappa shape index (κ1) is 12.3. The van der Waals surface area contributed by atoms with Crippen molar-refractivity contribution in [1.29, 1.82) is 5.26 Å². The van der Waals surface area contributed by atoms with Gasteiger partial charge in [0.25, 0.3) is 0 Å². The molecule has 0 aliphatic heterocycles. The quantitative estimate of drug-likeness (QED) is 0.584. The lowest BCUT2D eigenvalue weighted by atomic mass is 10.1. The molecule has 2 aromatic heterocycles. The minimum absolute atomic E-state index is 0.436. The molecule has 0 bridgehead atoms. The lowest BCUT2D eigenvalue weighted by molar-refractivity contribution is 0.112. The van der Waals surface area contributed by atoms with Gasteiger partial charge in [-0.1, -0.05) is 17.8 Å². The molecular weight excluding hydrogens is 274 g/mol. The fourth-order valence-corrected chi connectivity index (χ4v) is 2.63. The summed E-state index contributed by atoms with van der Waals surface area (Å²) in [6.07, 6.45) is 3.69. The Kier molecular flexibility index (Phi) is 3.15. The third-order valence-corrected chi connectivity index (χ3v) is 3.73. The van der Waals surface area contributed by atoms with E-state index in [1.165, 1.54) is 18.1 Å². The highest BCUT2D eigenvalue weighted by molar-refractivity contribution is 7.99. The van der Waals surface area contributed by atoms with E-state index >= 15 is 0 Å². The number of fused-ring (bicyclic) bond motifs is 1. The number of nitrogens with one attached hydrogen (secondary N) is 1. The highest BCUT2D eigenvalue weighted by atomic mass is 32.2. The molecule has 1 aromatic carbocycles. The number of hydrogen-bond donors (Lipinski definition) is 1. The van der Waals surface area contributed by atoms with E-state index in [1.807, 2.05) is 0 Å². The predicted octanol–water partition coefficient (Wildman–Crippen LogP) is 2.19. The molecule has 96 valence electrons. The number of H-pyrrole nitrogens is 1. The topological polar surface area (TPSA) is 95.3 Å². The lowest BCUT2D eigenvalue weighted by Gasteiger charge is -2.04. The molecule has 2 heterocycles. The van der Waals surface area contributed by atoms with Gasteiger partial charge in [0.2, 0.25) is 0 Å². The second kappa shape index (κ2) is 5.11. The van der Waals surface area contributed by atoms with E-state index in [4.69, 9.17) is 5.26 Å². The molecule has 20 heavy (non-hydrogen) atoms. The molecule has 6 nitrogen and oxygen atoms in total. The number of carbonyl (C=O) groups is 1. The number of aromatic amines is 1. The molecular formula is C13H7N5OS. The average molecular weight is 281 g/mol. The summed E-state index contributed by atoms with van der Waals surface area (Å²) >= 11 is 1.33. The van der Waals surface area contributed by atoms with Gasteiger partial charge in [-0.3, -0.25) is 4.79 Å². The molecule has 0 spiro atoms. The predicted molar refractivity (Wildman–Crippen MR) is 72.4 cm³/mol. The van der Waals surface area contributed by atoms with Crippen LogP contribution in [0.3, 0.4) is 0 Å². The van der Waals surface area contributed by atoms with E-state index in [2.05, 4.69) is 26.0 Å². The first-order chi connectivity index (χ1) is 9.81. The minimum Gasteiger partial charge on any atom is -0.341 e. The van der Waals surface area contributed by atoms with E-state index in [0.29, 0.717) is 28.1 Å². The van der Waals surface area contributed by atoms with Crippen molar-refractivity contribution in [3.63, 3.8) is 0 Å². The number of imidazole rings is 1. The molecule has 0 fully saturated rings. The molecule has 0 aliphatic rings. The summed E-state index contributed by atoms with van der Waals surface area (Å²) in [6, 6.07) is 7.04. The van der Waals surface area contributed by atoms with Gasteiger partial charge >= 0.3 is 0 Å². The first-order valence-electron chi connectivity index (χ1n) is 5.63. The molecule has 0 amide bonds. The van der Waals surface area contributed by atoms with E-state index in [1.54, 1.807) is 24.5 Å². The SMILES string of the molecule is N#Cc1cc(C=O)ccc1Sc1ncnc2nc[nH]c12. The second-order valence-electron chi connectivity index (χ2n) is 3.87. The molecule has 3 rings (SSSR count). The largest absolute Gasteiger partial charge is 0.341 e. The number of rotatable bonds is 3. The van der Waals surface area contributed by atoms with Gasteiger partial charge in [-0.05, 0) is 12.1 Å². The summed E-state index contributed by atoms with van der Waals surface area (Å²) in [5, 5.41) is 9.84. The summed E-state index contributed by atoms with van der Waals surface area (Å²) in [5.74, 6) is 0. The lowest BCUT2D eigenvalue weighted by Crippen LogP contribution is -1.89. The van der Waals surface area contributed by atoms with Gasteiger partial charge in [0.1, 0.15) is 29.2 Å². The number of nitrogens with zero attached hydrogens (tertiary/aromatic N) is 4. The summed E-state index contributed by atoms with van der Waals surface area (Å²) in [6.45, 7) is 0. The Labute approximate surface area is 117 Å². The van der Waals surface area contributed by atoms with Crippen LogP contribution < -0.4 is 0 Å². The molecule has 3 aromatic rings. The monoisotopic (exact) mass is 281 g/mol. The van der Waals surface area contributed by atoms with Crippen LogP contribution in [0.4, 0.5) is 0 Å². The Balaban J connectivity index is 2.05. The van der Waals surface area contributed by atoms with Crippen molar-refractivity contribution in [2.24, 2.45) is 0 Å². The van der Waals surface area contributed by atoms with E-state index in [-0.39, 0.29) is 0 Å². The van der Waals surface area contributed by atoms with E-state index in [0.717, 1.165) is 10.4 Å². The van der Waals surface area contributed by atoms with Gasteiger partial charge < -0.3 is 4.98 Å². The maximum atomic E-state index is 10.7. The zero-order valence-electron chi connectivity index (χ0n) is 10.1. The van der Waals surface area contributed by atoms with Crippen LogP contribution in [0.2, 0.25) is 0 Å². The van der Waals surface area contributed by atoms with Crippen molar-refractivity contribution in [2.45, 2.75) is 9.92 Å². The highest BCUT2D eigenvalue weighted by Gasteiger charge is 2.11. The highest BCUT2D eigenvalue weighted by Crippen LogP contribution is 2.32. The van der Waals surface area contributed by atoms with Crippen molar-refractivity contribution in [3.05, 3.63) is 42.0 Å². The van der Waals surface area contributed by atoms with E-state index in [9.17, 15) is 4.79 Å². The van der Waals surface area contributed by atoms with Crippen molar-refractivity contribution in [2.75, 3.05) is 0 Å². The fourth-order valence-electron chi connectivity index (χ4n) is 1.72. The maximum Gasteiger partial charge on any atom is 0.181 e. The summed E-state index contributed by atoms with van der Waals surface area (Å²) in [4.78, 5) is 26.7. The van der Waals surface area contributed by atoms with Crippen LogP contribution in [0.5, 0.6) is 0 Å². The number of carbonyl (C=O) groups excluding carboxylic acids is 1. The van der Waals surface area contributed by atoms with Crippen molar-refractivity contribution >= 4 is 29.2 Å². The van der Waals surface area contributed by atoms with Crippen LogP contribution >= 0.6 is 11.8 Å². The molecule has 0 saturated carbocycles. The molecule has 0 radical (unpaired) electrons. The van der Waals surface area contributed by atoms with Crippen LogP contribution in [0, 0.1) is 11.3 Å². The number of aromatic nitrogens is 4. The second-order valence-corrected chi connectivity index (χ2v) is 4.90. The molecule has 0 saturated heterocycles. The molecule has 1 N–H and O–H groups in total. The third kappa shape index (κ3) is 2.13. The van der Waals surface area contributed by atoms with Crippen molar-refractivity contribution in [1.82, 2.24) is 19.9 Å². The standard InChI is InChI=1S/C13H7N5OS/c14-4-9-3-8(5-19)1-2-10(9)20-13-11-12(16-6-15-11)17-7-18-13/h1-3,5-7H,(H,15,16,17,18). The maximum absolute atomic E-state index is 10.7. The fraction of sp³-hybridized carbons (Fsp3) is 0. The minimum atomic E-state index is 0.436. The van der Waals surface area contributed by atoms with Crippen LogP contribution in [0.25, 0.3) is 11.2 Å². The molecule has 0 aliphatic carbocycles. The van der Waals surface area contributed by atoms with Crippen LogP contribution in [-0.4, -0.2) is 26.2 Å². The summed E-state index contributed by atoms with van der Waals surface area (Å²) in [7, 11) is 0. The molecule has 0 unspecified atom stereocenters. The average Bonchev–Trinajstić information content (AvgIpc) is 2.97. The number of nitriles is 1. The van der Waals surface area contributed by atoms with Crippen molar-refractivity contribution in [3.8, 4) is 6.07 Å². The normalized spacial score (nSPS) is 10.3. The smallest absolute Gasteiger partial charge is 0.181 e. The van der Waals surface area contributed by atoms with Crippen LogP contribution in [0.15, 0.2) is 40.8 Å². The van der Waals surface area contributed by atoms with Crippen molar-refractivity contribution < 1.29 is 4.79 Å². The van der Waals surface area contributed by atoms with Crippen LogP contribution in [-0.2, 0) is 0 Å². The van der Waals surface area contributed by atoms with Gasteiger partial charge in [0, 0.05) is 10.5 Å². The Morgan fingerprint density at radius 3 is 3.00 bits per heavy atom. The van der Waals surface area contributed by atoms with Crippen LogP contribution in [0.1, 0.15) is 15.9 Å². The summed E-state index contributed by atoms with van der Waals surface area (Å²) in [5.41, 5.74) is 2.21. The Morgan fingerprint density at radius 2 is 2.20 bits per heavy atom. The molecule has 0 atom stereocenters. The Morgan fingerprint density at radius 1 is 1.30 bits per heavy atom. The van der Waals surface area contributed by atoms with Gasteiger partial charge in [0.05, 0.1) is 11.9 Å². The third-order valence-electron chi connectivity index (χ3n) is 2.65. The number of aldehydes is 1. The molecule has 7 heteroatoms. The van der Waals surface area contributed by atoms with Gasteiger partial charge in [-0.25, -0.2) is 15.0 Å². The summed E-state index contributed by atoms with van der Waals surface area (Å²) < 4.78 is 0. The van der Waals surface area contributed by atoms with Gasteiger partial charge in [-0.2, -0.15) is 5.26 Å². The Hall–Kier alpha value is -2.72. The zero-order valence-corrected chi connectivity index (χ0v) is 10.9. The van der Waals surface area contributed by atoms with Gasteiger partial charge in [0.15, 0.2) is 5.65 Å². The Bertz CT molecular complexity index is 836. The first-order valence-corrected chi connectivity index (χ1v) is 6.44. The zero-order chi connectivity index (χ0) is 13.9. The number of hydrogen-bond acceptors (Lipinski definition) is 6.